The lowest BCUT2D eigenvalue weighted by molar-refractivity contribution is -0.115. The molecule has 0 radical (unpaired) electrons. The van der Waals surface area contributed by atoms with Crippen LogP contribution in [0.15, 0.2) is 42.6 Å². The number of imidazole rings is 1. The summed E-state index contributed by atoms with van der Waals surface area (Å²) in [5, 5.41) is 3.32. The van der Waals surface area contributed by atoms with Gasteiger partial charge in [-0.3, -0.25) is 10.1 Å². The summed E-state index contributed by atoms with van der Waals surface area (Å²) in [4.78, 5) is 20.8. The van der Waals surface area contributed by atoms with Crippen molar-refractivity contribution in [1.82, 2.24) is 14.5 Å². The summed E-state index contributed by atoms with van der Waals surface area (Å²) in [5.41, 5.74) is 2.72. The van der Waals surface area contributed by atoms with E-state index in [2.05, 4.69) is 22.2 Å². The number of aryl methyl sites for hydroxylation is 1. The fraction of sp³-hybridized carbons (Fsp3) is 0.235. The molecule has 0 fully saturated rings. The van der Waals surface area contributed by atoms with Crippen LogP contribution >= 0.6 is 11.6 Å². The van der Waals surface area contributed by atoms with E-state index in [9.17, 15) is 4.79 Å². The Labute approximate surface area is 139 Å². The minimum atomic E-state index is -0.123. The highest BCUT2D eigenvalue weighted by atomic mass is 35.5. The first-order chi connectivity index (χ1) is 11.2. The molecule has 2 heterocycles. The molecule has 3 rings (SSSR count). The van der Waals surface area contributed by atoms with E-state index in [1.807, 2.05) is 28.8 Å². The molecular formula is C17H17ClN4O. The summed E-state index contributed by atoms with van der Waals surface area (Å²) in [7, 11) is 0. The first-order valence-corrected chi connectivity index (χ1v) is 7.90. The maximum atomic E-state index is 12.3. The summed E-state index contributed by atoms with van der Waals surface area (Å²) < 4.78 is 2.04. The van der Waals surface area contributed by atoms with Gasteiger partial charge in [-0.2, -0.15) is 0 Å². The first-order valence-electron chi connectivity index (χ1n) is 7.53. The van der Waals surface area contributed by atoms with Crippen LogP contribution in [0.25, 0.3) is 11.0 Å². The molecule has 1 N–H and O–H groups in total. The van der Waals surface area contributed by atoms with Crippen molar-refractivity contribution in [2.24, 2.45) is 0 Å². The average Bonchev–Trinajstić information content (AvgIpc) is 2.88. The van der Waals surface area contributed by atoms with Gasteiger partial charge in [0.25, 0.3) is 0 Å². The molecule has 1 aromatic carbocycles. The van der Waals surface area contributed by atoms with E-state index in [-0.39, 0.29) is 12.3 Å². The second-order valence-corrected chi connectivity index (χ2v) is 5.68. The van der Waals surface area contributed by atoms with Gasteiger partial charge in [0, 0.05) is 12.7 Å². The monoisotopic (exact) mass is 328 g/mol. The van der Waals surface area contributed by atoms with Crippen LogP contribution in [0.5, 0.6) is 0 Å². The van der Waals surface area contributed by atoms with Gasteiger partial charge in [0.15, 0.2) is 0 Å². The standard InChI is InChI=1S/C17H17ClN4O/c1-2-9-22-14-6-4-3-5-13(14)20-17(22)21-16(23)10-12-7-8-15(18)19-11-12/h3-8,11H,2,9-10H2,1H3,(H,20,21,23). The number of hydrogen-bond donors (Lipinski definition) is 1. The fourth-order valence-electron chi connectivity index (χ4n) is 2.49. The molecule has 23 heavy (non-hydrogen) atoms. The third kappa shape index (κ3) is 3.51. The van der Waals surface area contributed by atoms with Gasteiger partial charge in [-0.25, -0.2) is 9.97 Å². The minimum absolute atomic E-state index is 0.123. The summed E-state index contributed by atoms with van der Waals surface area (Å²) in [5.74, 6) is 0.460. The lowest BCUT2D eigenvalue weighted by Gasteiger charge is -2.09. The Morgan fingerprint density at radius 3 is 2.83 bits per heavy atom. The largest absolute Gasteiger partial charge is 0.310 e. The number of hydrogen-bond acceptors (Lipinski definition) is 3. The number of halogens is 1. The van der Waals surface area contributed by atoms with Crippen molar-refractivity contribution in [2.45, 2.75) is 26.3 Å². The highest BCUT2D eigenvalue weighted by Crippen LogP contribution is 2.20. The van der Waals surface area contributed by atoms with Crippen LogP contribution in [0.4, 0.5) is 5.95 Å². The molecule has 2 aromatic heterocycles. The van der Waals surface area contributed by atoms with Crippen molar-refractivity contribution in [3.05, 3.63) is 53.3 Å². The van der Waals surface area contributed by atoms with Gasteiger partial charge in [0.05, 0.1) is 17.5 Å². The highest BCUT2D eigenvalue weighted by molar-refractivity contribution is 6.29. The Hall–Kier alpha value is -2.40. The number of rotatable bonds is 5. The molecule has 0 aliphatic heterocycles. The van der Waals surface area contributed by atoms with Gasteiger partial charge in [-0.15, -0.1) is 0 Å². The van der Waals surface area contributed by atoms with Gasteiger partial charge in [-0.05, 0) is 30.2 Å². The number of aromatic nitrogens is 3. The number of fused-ring (bicyclic) bond motifs is 1. The molecule has 0 unspecified atom stereocenters. The number of amides is 1. The second kappa shape index (κ2) is 6.79. The van der Waals surface area contributed by atoms with Gasteiger partial charge in [-0.1, -0.05) is 36.7 Å². The molecule has 118 valence electrons. The van der Waals surface area contributed by atoms with E-state index < -0.39 is 0 Å². The highest BCUT2D eigenvalue weighted by Gasteiger charge is 2.13. The van der Waals surface area contributed by atoms with E-state index in [1.54, 1.807) is 18.3 Å². The zero-order valence-corrected chi connectivity index (χ0v) is 13.5. The SMILES string of the molecule is CCCn1c(NC(=O)Cc2ccc(Cl)nc2)nc2ccccc21. The molecule has 1 amide bonds. The maximum absolute atomic E-state index is 12.3. The summed E-state index contributed by atoms with van der Waals surface area (Å²) >= 11 is 5.75. The van der Waals surface area contributed by atoms with Gasteiger partial charge >= 0.3 is 0 Å². The van der Waals surface area contributed by atoms with Crippen molar-refractivity contribution in [3.8, 4) is 0 Å². The zero-order chi connectivity index (χ0) is 16.2. The molecule has 5 nitrogen and oxygen atoms in total. The number of pyridine rings is 1. The molecule has 0 saturated carbocycles. The van der Waals surface area contributed by atoms with Crippen LogP contribution in [0.3, 0.4) is 0 Å². The summed E-state index contributed by atoms with van der Waals surface area (Å²) in [6.45, 7) is 2.90. The van der Waals surface area contributed by atoms with Gasteiger partial charge in [0.2, 0.25) is 11.9 Å². The van der Waals surface area contributed by atoms with E-state index in [1.165, 1.54) is 0 Å². The second-order valence-electron chi connectivity index (χ2n) is 5.29. The molecule has 0 bridgehead atoms. The van der Waals surface area contributed by atoms with E-state index in [0.717, 1.165) is 29.6 Å². The number of carbonyl (C=O) groups excluding carboxylic acids is 1. The Balaban J connectivity index is 1.81. The molecule has 0 aliphatic carbocycles. The number of anilines is 1. The average molecular weight is 329 g/mol. The Morgan fingerprint density at radius 1 is 1.26 bits per heavy atom. The first kappa shape index (κ1) is 15.5. The topological polar surface area (TPSA) is 59.8 Å². The van der Waals surface area contributed by atoms with Crippen molar-refractivity contribution in [3.63, 3.8) is 0 Å². The Kier molecular flexibility index (Phi) is 4.57. The molecule has 0 saturated heterocycles. The summed E-state index contributed by atoms with van der Waals surface area (Å²) in [6, 6.07) is 11.3. The minimum Gasteiger partial charge on any atom is -0.310 e. The predicted molar refractivity (Wildman–Crippen MR) is 91.6 cm³/mol. The van der Waals surface area contributed by atoms with Crippen LogP contribution < -0.4 is 5.32 Å². The molecule has 3 aromatic rings. The van der Waals surface area contributed by atoms with Crippen LogP contribution in [0.2, 0.25) is 5.15 Å². The van der Waals surface area contributed by atoms with Crippen molar-refractivity contribution >= 4 is 34.5 Å². The molecular weight excluding hydrogens is 312 g/mol. The Bertz CT molecular complexity index is 826. The fourth-order valence-corrected chi connectivity index (χ4v) is 2.60. The normalized spacial score (nSPS) is 10.9. The quantitative estimate of drug-likeness (QED) is 0.727. The van der Waals surface area contributed by atoms with Crippen LogP contribution in [-0.2, 0) is 17.8 Å². The lowest BCUT2D eigenvalue weighted by Crippen LogP contribution is -2.18. The lowest BCUT2D eigenvalue weighted by atomic mass is 10.2. The molecule has 0 spiro atoms. The number of nitrogens with one attached hydrogen (secondary N) is 1. The third-order valence-electron chi connectivity index (χ3n) is 3.51. The van der Waals surface area contributed by atoms with Crippen LogP contribution in [-0.4, -0.2) is 20.4 Å². The van der Waals surface area contributed by atoms with E-state index in [4.69, 9.17) is 11.6 Å². The van der Waals surface area contributed by atoms with Gasteiger partial charge < -0.3 is 4.57 Å². The number of carbonyl (C=O) groups is 1. The predicted octanol–water partition coefficient (Wildman–Crippen LogP) is 3.68. The third-order valence-corrected chi connectivity index (χ3v) is 3.73. The maximum Gasteiger partial charge on any atom is 0.231 e. The van der Waals surface area contributed by atoms with Crippen LogP contribution in [0.1, 0.15) is 18.9 Å². The zero-order valence-electron chi connectivity index (χ0n) is 12.8. The van der Waals surface area contributed by atoms with E-state index in [0.29, 0.717) is 11.1 Å². The number of benzene rings is 1. The van der Waals surface area contributed by atoms with E-state index >= 15 is 0 Å². The molecule has 0 aliphatic rings. The van der Waals surface area contributed by atoms with Crippen molar-refractivity contribution in [2.75, 3.05) is 5.32 Å². The van der Waals surface area contributed by atoms with Crippen LogP contribution in [0, 0.1) is 0 Å². The summed E-state index contributed by atoms with van der Waals surface area (Å²) in [6.07, 6.45) is 2.81. The smallest absolute Gasteiger partial charge is 0.231 e. The number of nitrogens with zero attached hydrogens (tertiary/aromatic N) is 3. The van der Waals surface area contributed by atoms with Gasteiger partial charge in [0.1, 0.15) is 5.15 Å². The van der Waals surface area contributed by atoms with Crippen molar-refractivity contribution < 1.29 is 4.79 Å². The van der Waals surface area contributed by atoms with Crippen molar-refractivity contribution in [1.29, 1.82) is 0 Å². The number of para-hydroxylation sites is 2. The Morgan fingerprint density at radius 2 is 2.09 bits per heavy atom. The molecule has 6 heteroatoms. The molecule has 0 atom stereocenters.